The number of aromatic amines is 1. The topological polar surface area (TPSA) is 28.7 Å². The molecule has 0 spiro atoms. The first kappa shape index (κ1) is 10.5. The summed E-state index contributed by atoms with van der Waals surface area (Å²) in [6.45, 7) is 0. The van der Waals surface area contributed by atoms with Gasteiger partial charge in [0.15, 0.2) is 0 Å². The van der Waals surface area contributed by atoms with E-state index in [2.05, 4.69) is 41.8 Å². The van der Waals surface area contributed by atoms with Gasteiger partial charge in [-0.2, -0.15) is 0 Å². The number of H-pyrrole nitrogens is 1. The molecule has 0 aliphatic carbocycles. The quantitative estimate of drug-likeness (QED) is 0.771. The van der Waals surface area contributed by atoms with Crippen LogP contribution >= 0.6 is 55.4 Å². The first-order valence-electron chi connectivity index (χ1n) is 3.66. The summed E-state index contributed by atoms with van der Waals surface area (Å²) in [7, 11) is 0. The van der Waals surface area contributed by atoms with Crippen molar-refractivity contribution in [3.63, 3.8) is 0 Å². The Morgan fingerprint density at radius 1 is 1.43 bits per heavy atom. The van der Waals surface area contributed by atoms with Crippen LogP contribution in [0.15, 0.2) is 26.6 Å². The van der Waals surface area contributed by atoms with Crippen molar-refractivity contribution in [3.05, 3.63) is 31.2 Å². The molecule has 0 saturated carbocycles. The largest absolute Gasteiger partial charge is 0.329 e. The molecule has 0 unspecified atom stereocenters. The third kappa shape index (κ3) is 2.13. The molecule has 0 saturated heterocycles. The molecule has 2 rings (SSSR count). The van der Waals surface area contributed by atoms with Crippen molar-refractivity contribution < 1.29 is 0 Å². The van der Waals surface area contributed by atoms with Crippen LogP contribution in [-0.4, -0.2) is 9.97 Å². The van der Waals surface area contributed by atoms with Crippen LogP contribution in [0.25, 0.3) is 10.7 Å². The molecule has 0 radical (unpaired) electrons. The fourth-order valence-electron chi connectivity index (χ4n) is 0.942. The fourth-order valence-corrected chi connectivity index (χ4v) is 2.67. The van der Waals surface area contributed by atoms with E-state index in [0.717, 1.165) is 19.6 Å². The maximum Gasteiger partial charge on any atom is 0.148 e. The van der Waals surface area contributed by atoms with E-state index in [-0.39, 0.29) is 0 Å². The highest BCUT2D eigenvalue weighted by molar-refractivity contribution is 9.10. The van der Waals surface area contributed by atoms with Crippen LogP contribution in [0, 0.1) is 4.64 Å². The van der Waals surface area contributed by atoms with Gasteiger partial charge in [0.1, 0.15) is 10.5 Å². The molecule has 2 heterocycles. The second kappa shape index (κ2) is 4.22. The fraction of sp³-hybridized carbons (Fsp3) is 0. The summed E-state index contributed by atoms with van der Waals surface area (Å²) in [6, 6.07) is 2.01. The van der Waals surface area contributed by atoms with Gasteiger partial charge in [-0.15, -0.1) is 11.3 Å². The molecule has 2 aromatic heterocycles. The van der Waals surface area contributed by atoms with E-state index in [0.29, 0.717) is 4.64 Å². The van der Waals surface area contributed by atoms with Gasteiger partial charge in [-0.05, 0) is 37.9 Å². The molecule has 0 fully saturated rings. The van der Waals surface area contributed by atoms with E-state index in [9.17, 15) is 0 Å². The first-order valence-corrected chi connectivity index (χ1v) is 6.53. The van der Waals surface area contributed by atoms with Gasteiger partial charge in [-0.1, -0.05) is 12.2 Å². The summed E-state index contributed by atoms with van der Waals surface area (Å²) in [5.74, 6) is 0.800. The second-order valence-electron chi connectivity index (χ2n) is 2.54. The molecule has 0 aliphatic rings. The lowest BCUT2D eigenvalue weighted by Crippen LogP contribution is -1.86. The van der Waals surface area contributed by atoms with Gasteiger partial charge in [0.25, 0.3) is 0 Å². The van der Waals surface area contributed by atoms with E-state index < -0.39 is 0 Å². The van der Waals surface area contributed by atoms with Gasteiger partial charge in [0, 0.05) is 16.0 Å². The third-order valence-corrected chi connectivity index (χ3v) is 4.44. The van der Waals surface area contributed by atoms with Crippen molar-refractivity contribution in [2.75, 3.05) is 0 Å². The zero-order valence-corrected chi connectivity index (χ0v) is 11.6. The Hall–Kier alpha value is -0.0400. The molecule has 0 aliphatic heterocycles. The molecule has 2 nitrogen and oxygen atoms in total. The van der Waals surface area contributed by atoms with Crippen molar-refractivity contribution in [3.8, 4) is 10.7 Å². The van der Waals surface area contributed by atoms with Gasteiger partial charge < -0.3 is 4.98 Å². The lowest BCUT2D eigenvalue weighted by atomic mass is 10.4. The van der Waals surface area contributed by atoms with Crippen LogP contribution in [0.4, 0.5) is 0 Å². The van der Waals surface area contributed by atoms with Gasteiger partial charge in [0.05, 0.1) is 9.35 Å². The summed E-state index contributed by atoms with van der Waals surface area (Å²) >= 11 is 13.4. The monoisotopic (exact) mass is 350 g/mol. The Bertz CT molecular complexity index is 518. The van der Waals surface area contributed by atoms with Crippen molar-refractivity contribution in [2.45, 2.75) is 0 Å². The summed E-state index contributed by atoms with van der Waals surface area (Å²) in [5.41, 5.74) is 0. The highest BCUT2D eigenvalue weighted by Gasteiger charge is 2.03. The Morgan fingerprint density at radius 3 is 2.79 bits per heavy atom. The van der Waals surface area contributed by atoms with Crippen LogP contribution in [0.3, 0.4) is 0 Å². The lowest BCUT2D eigenvalue weighted by Gasteiger charge is -1.97. The van der Waals surface area contributed by atoms with Crippen molar-refractivity contribution in [1.82, 2.24) is 9.97 Å². The highest BCUT2D eigenvalue weighted by Crippen LogP contribution is 2.27. The van der Waals surface area contributed by atoms with Gasteiger partial charge in [-0.25, -0.2) is 4.98 Å². The Labute approximate surface area is 107 Å². The summed E-state index contributed by atoms with van der Waals surface area (Å²) < 4.78 is 2.54. The van der Waals surface area contributed by atoms with E-state index in [1.165, 1.54) is 0 Å². The van der Waals surface area contributed by atoms with Gasteiger partial charge in [0.2, 0.25) is 0 Å². The number of nitrogens with one attached hydrogen (secondary N) is 1. The Balaban J connectivity index is 2.53. The minimum atomic E-state index is 0.666. The zero-order chi connectivity index (χ0) is 10.1. The summed E-state index contributed by atoms with van der Waals surface area (Å²) in [4.78, 5) is 8.36. The summed E-state index contributed by atoms with van der Waals surface area (Å²) in [5, 5.41) is 2.01. The van der Waals surface area contributed by atoms with Gasteiger partial charge in [-0.3, -0.25) is 0 Å². The van der Waals surface area contributed by atoms with E-state index >= 15 is 0 Å². The molecule has 14 heavy (non-hydrogen) atoms. The SMILES string of the molecule is S=c1[nH]c(-c2cc(Br)cs2)ncc1Br. The molecule has 6 heteroatoms. The molecule has 0 amide bonds. The third-order valence-electron chi connectivity index (χ3n) is 1.56. The molecule has 0 aromatic carbocycles. The number of rotatable bonds is 1. The second-order valence-corrected chi connectivity index (χ2v) is 5.63. The zero-order valence-electron chi connectivity index (χ0n) is 6.75. The van der Waals surface area contributed by atoms with E-state index in [1.807, 2.05) is 11.4 Å². The predicted octanol–water partition coefficient (Wildman–Crippen LogP) is 4.39. The molecular formula is C8H4Br2N2S2. The number of hydrogen-bond acceptors (Lipinski definition) is 3. The number of nitrogens with zero attached hydrogens (tertiary/aromatic N) is 1. The molecule has 72 valence electrons. The van der Waals surface area contributed by atoms with Crippen LogP contribution in [0.1, 0.15) is 0 Å². The normalized spacial score (nSPS) is 10.4. The van der Waals surface area contributed by atoms with E-state index in [1.54, 1.807) is 17.5 Å². The number of thiophene rings is 1. The maximum atomic E-state index is 5.10. The average Bonchev–Trinajstić information content (AvgIpc) is 2.57. The smallest absolute Gasteiger partial charge is 0.148 e. The van der Waals surface area contributed by atoms with Gasteiger partial charge >= 0.3 is 0 Å². The van der Waals surface area contributed by atoms with Crippen LogP contribution in [-0.2, 0) is 0 Å². The average molecular weight is 352 g/mol. The van der Waals surface area contributed by atoms with Crippen molar-refractivity contribution in [2.24, 2.45) is 0 Å². The molecule has 0 bridgehead atoms. The Kier molecular flexibility index (Phi) is 3.16. The molecule has 1 N–H and O–H groups in total. The van der Waals surface area contributed by atoms with Crippen LogP contribution in [0.2, 0.25) is 0 Å². The highest BCUT2D eigenvalue weighted by atomic mass is 79.9. The minimum Gasteiger partial charge on any atom is -0.329 e. The molecular weight excluding hydrogens is 348 g/mol. The number of halogens is 2. The van der Waals surface area contributed by atoms with Crippen LogP contribution < -0.4 is 0 Å². The van der Waals surface area contributed by atoms with E-state index in [4.69, 9.17) is 12.2 Å². The maximum absolute atomic E-state index is 5.10. The first-order chi connectivity index (χ1) is 6.66. The van der Waals surface area contributed by atoms with Crippen molar-refractivity contribution >= 4 is 55.4 Å². The minimum absolute atomic E-state index is 0.666. The summed E-state index contributed by atoms with van der Waals surface area (Å²) in [6.07, 6.45) is 1.71. The van der Waals surface area contributed by atoms with Crippen LogP contribution in [0.5, 0.6) is 0 Å². The Morgan fingerprint density at radius 2 is 2.21 bits per heavy atom. The standard InChI is InChI=1S/C8H4Br2N2S2/c9-4-1-6(14-3-4)7-11-2-5(10)8(13)12-7/h1-3H,(H,11,12,13). The molecule has 0 atom stereocenters. The lowest BCUT2D eigenvalue weighted by molar-refractivity contribution is 1.15. The molecule has 2 aromatic rings. The predicted molar refractivity (Wildman–Crippen MR) is 68.1 cm³/mol. The number of hydrogen-bond donors (Lipinski definition) is 1. The van der Waals surface area contributed by atoms with Crippen molar-refractivity contribution in [1.29, 1.82) is 0 Å². The number of aromatic nitrogens is 2.